The van der Waals surface area contributed by atoms with Crippen molar-refractivity contribution in [2.75, 3.05) is 0 Å². The van der Waals surface area contributed by atoms with Crippen LogP contribution < -0.4 is 14.2 Å². The predicted molar refractivity (Wildman–Crippen MR) is 406 cm³/mol. The molecular formula is C89H126O8. The number of rotatable bonds is 21. The van der Waals surface area contributed by atoms with Gasteiger partial charge in [-0.3, -0.25) is 14.4 Å². The van der Waals surface area contributed by atoms with Crippen molar-refractivity contribution < 1.29 is 38.8 Å². The van der Waals surface area contributed by atoms with E-state index in [1.54, 1.807) is 0 Å². The average molecular weight is 1320 g/mol. The summed E-state index contributed by atoms with van der Waals surface area (Å²) in [6.07, 6.45) is 4.15. The van der Waals surface area contributed by atoms with Crippen molar-refractivity contribution in [1.29, 1.82) is 0 Å². The highest BCUT2D eigenvalue weighted by Crippen LogP contribution is 2.47. The largest absolute Gasteiger partial charge is 0.507 e. The second-order valence-electron chi connectivity index (χ2n) is 36.8. The molecule has 0 radical (unpaired) electrons. The summed E-state index contributed by atoms with van der Waals surface area (Å²) >= 11 is 0. The third-order valence-corrected chi connectivity index (χ3v) is 19.4. The van der Waals surface area contributed by atoms with Crippen molar-refractivity contribution in [3.8, 4) is 28.7 Å². The lowest BCUT2D eigenvalue weighted by Gasteiger charge is -2.30. The number of hydrogen-bond donors (Lipinski definition) is 2. The van der Waals surface area contributed by atoms with Crippen molar-refractivity contribution in [3.63, 3.8) is 0 Å². The zero-order chi connectivity index (χ0) is 73.4. The first-order valence-corrected chi connectivity index (χ1v) is 36.2. The summed E-state index contributed by atoms with van der Waals surface area (Å²) in [5, 5.41) is 23.0. The highest BCUT2D eigenvalue weighted by atomic mass is 16.5. The molecule has 0 bridgehead atoms. The molecule has 0 heterocycles. The molecule has 6 rings (SSSR count). The standard InChI is InChI=1S/C89H126O8/c1-52(2)37-62-49-65(56(7)40-75(62)95-78(90)34-32-60-45-71(86(19,20)21)81(93)72(46-60)87(22,23)24)67(66-50-63(38-53(3)4)76(41-57(66)8)96-79(91)35-33-61-47-73(88(25,26)27)82(94)74(48-61)89(28,29)30)39-54(5)64-51-70(85(16,17)18)77(42-55(64)6)97-80(92)36-31-59-43-68(83(10,11)12)58(9)69(44-59)84(13,14)15/h40-54,67,93-94H,31-39H2,1-30H3. The summed E-state index contributed by atoms with van der Waals surface area (Å²) in [4.78, 5) is 42.7. The number of aryl methyl sites for hydroxylation is 6. The Hall–Kier alpha value is -6.67. The lowest BCUT2D eigenvalue weighted by Crippen LogP contribution is -2.21. The minimum atomic E-state index is -0.369. The van der Waals surface area contributed by atoms with Crippen LogP contribution in [0.2, 0.25) is 0 Å². The first-order valence-electron chi connectivity index (χ1n) is 36.2. The van der Waals surface area contributed by atoms with E-state index >= 15 is 0 Å². The number of aromatic hydroxyl groups is 2. The van der Waals surface area contributed by atoms with Gasteiger partial charge in [-0.15, -0.1) is 0 Å². The van der Waals surface area contributed by atoms with Gasteiger partial charge in [0.25, 0.3) is 0 Å². The van der Waals surface area contributed by atoms with Crippen LogP contribution in [0, 0.1) is 39.5 Å². The Balaban J connectivity index is 1.44. The highest BCUT2D eigenvalue weighted by Gasteiger charge is 2.33. The van der Waals surface area contributed by atoms with Crippen LogP contribution in [0.4, 0.5) is 0 Å². The molecule has 6 aromatic carbocycles. The second-order valence-corrected chi connectivity index (χ2v) is 36.8. The number of phenols is 2. The summed E-state index contributed by atoms with van der Waals surface area (Å²) in [6, 6.07) is 25.8. The monoisotopic (exact) mass is 1320 g/mol. The van der Waals surface area contributed by atoms with Crippen LogP contribution in [-0.4, -0.2) is 28.1 Å². The van der Waals surface area contributed by atoms with E-state index in [2.05, 4.69) is 256 Å². The number of carbonyl (C=O) groups is 3. The van der Waals surface area contributed by atoms with Gasteiger partial charge in [0.1, 0.15) is 28.7 Å². The summed E-state index contributed by atoms with van der Waals surface area (Å²) in [6.45, 7) is 65.0. The molecule has 1 atom stereocenters. The Labute approximate surface area is 587 Å². The van der Waals surface area contributed by atoms with Crippen molar-refractivity contribution in [2.45, 2.75) is 315 Å². The average Bonchev–Trinajstić information content (AvgIpc) is 0.809. The van der Waals surface area contributed by atoms with Gasteiger partial charge in [0.15, 0.2) is 0 Å². The van der Waals surface area contributed by atoms with Gasteiger partial charge in [-0.25, -0.2) is 0 Å². The summed E-state index contributed by atoms with van der Waals surface area (Å²) in [5.41, 5.74) is 18.2. The lowest BCUT2D eigenvalue weighted by molar-refractivity contribution is -0.135. The molecule has 0 aliphatic heterocycles. The first kappa shape index (κ1) is 79.3. The maximum Gasteiger partial charge on any atom is 0.311 e. The van der Waals surface area contributed by atoms with Gasteiger partial charge in [0.2, 0.25) is 0 Å². The van der Waals surface area contributed by atoms with Gasteiger partial charge >= 0.3 is 17.9 Å². The van der Waals surface area contributed by atoms with Crippen molar-refractivity contribution >= 4 is 17.9 Å². The SMILES string of the molecule is Cc1cc(OC(=O)CCc2cc(C(C)(C)C)c(C)c(C(C)(C)C)c2)c(C(C)(C)C)cc1C(C)CC(c1cc(CC(C)C)c(OC(=O)CCc2cc(C(C)(C)C)c(O)c(C(C)(C)C)c2)cc1C)c1cc(CC(C)C)c(OC(=O)CCc2cc(C(C)(C)C)c(O)c(C(C)(C)C)c2)cc1C. The minimum absolute atomic E-state index is 0.00249. The van der Waals surface area contributed by atoms with E-state index in [4.69, 9.17) is 14.2 Å². The molecule has 2 N–H and O–H groups in total. The van der Waals surface area contributed by atoms with Crippen LogP contribution in [0.15, 0.2) is 72.8 Å². The molecule has 8 heteroatoms. The molecular weight excluding hydrogens is 1200 g/mol. The number of ether oxygens (including phenoxy) is 3. The maximum atomic E-state index is 14.3. The van der Waals surface area contributed by atoms with Gasteiger partial charge in [0, 0.05) is 30.7 Å². The number of esters is 3. The maximum absolute atomic E-state index is 14.3. The van der Waals surface area contributed by atoms with Crippen molar-refractivity contribution in [1.82, 2.24) is 0 Å². The zero-order valence-corrected chi connectivity index (χ0v) is 65.9. The zero-order valence-electron chi connectivity index (χ0n) is 65.9. The second kappa shape index (κ2) is 30.0. The van der Waals surface area contributed by atoms with Gasteiger partial charge in [-0.1, -0.05) is 235 Å². The molecule has 0 fully saturated rings. The molecule has 8 nitrogen and oxygen atoms in total. The Kier molecular flexibility index (Phi) is 24.6. The number of carbonyl (C=O) groups excluding carboxylic acids is 3. The molecule has 0 aliphatic carbocycles. The summed E-state index contributed by atoms with van der Waals surface area (Å²) in [7, 11) is 0. The third kappa shape index (κ3) is 20.5. The molecule has 0 saturated heterocycles. The Bertz CT molecular complexity index is 3560. The van der Waals surface area contributed by atoms with Crippen LogP contribution in [0.25, 0.3) is 0 Å². The fourth-order valence-corrected chi connectivity index (χ4v) is 14.1. The van der Waals surface area contributed by atoms with E-state index in [0.717, 1.165) is 83.5 Å². The summed E-state index contributed by atoms with van der Waals surface area (Å²) < 4.78 is 19.4. The Morgan fingerprint density at radius 3 is 0.907 bits per heavy atom. The molecule has 6 aromatic rings. The summed E-state index contributed by atoms with van der Waals surface area (Å²) in [5.74, 6) is 1.80. The van der Waals surface area contributed by atoms with Crippen molar-refractivity contribution in [2.24, 2.45) is 11.8 Å². The van der Waals surface area contributed by atoms with Crippen LogP contribution >= 0.6 is 0 Å². The molecule has 0 saturated carbocycles. The van der Waals surface area contributed by atoms with Crippen LogP contribution in [0.1, 0.15) is 323 Å². The molecule has 0 spiro atoms. The lowest BCUT2D eigenvalue weighted by atomic mass is 9.75. The Morgan fingerprint density at radius 1 is 0.351 bits per heavy atom. The number of phenolic OH excluding ortho intramolecular Hbond substituents is 2. The van der Waals surface area contributed by atoms with Crippen molar-refractivity contribution in [3.05, 3.63) is 179 Å². The molecule has 530 valence electrons. The van der Waals surface area contributed by atoms with E-state index in [-0.39, 0.29) is 98.7 Å². The highest BCUT2D eigenvalue weighted by molar-refractivity contribution is 5.75. The quantitative estimate of drug-likeness (QED) is 0.0540. The minimum Gasteiger partial charge on any atom is -0.507 e. The van der Waals surface area contributed by atoms with Gasteiger partial charge < -0.3 is 24.4 Å². The fourth-order valence-electron chi connectivity index (χ4n) is 14.1. The molecule has 0 amide bonds. The molecule has 0 aromatic heterocycles. The van der Waals surface area contributed by atoms with Gasteiger partial charge in [-0.05, 0) is 240 Å². The van der Waals surface area contributed by atoms with Crippen LogP contribution in [0.5, 0.6) is 28.7 Å². The Morgan fingerprint density at radius 2 is 0.619 bits per heavy atom. The van der Waals surface area contributed by atoms with E-state index in [1.165, 1.54) is 22.3 Å². The van der Waals surface area contributed by atoms with Gasteiger partial charge in [0.05, 0.1) is 0 Å². The third-order valence-electron chi connectivity index (χ3n) is 19.4. The van der Waals surface area contributed by atoms with E-state index < -0.39 is 0 Å². The van der Waals surface area contributed by atoms with E-state index in [9.17, 15) is 24.6 Å². The predicted octanol–water partition coefficient (Wildman–Crippen LogP) is 22.8. The van der Waals surface area contributed by atoms with Crippen LogP contribution in [-0.2, 0) is 84.4 Å². The normalized spacial score (nSPS) is 13.2. The smallest absolute Gasteiger partial charge is 0.311 e. The molecule has 1 unspecified atom stereocenters. The number of hydrogen-bond acceptors (Lipinski definition) is 8. The fraction of sp³-hybridized carbons (Fsp3) is 0.562. The van der Waals surface area contributed by atoms with Crippen LogP contribution in [0.3, 0.4) is 0 Å². The molecule has 0 aliphatic rings. The van der Waals surface area contributed by atoms with E-state index in [0.29, 0.717) is 67.3 Å². The topological polar surface area (TPSA) is 119 Å². The molecule has 97 heavy (non-hydrogen) atoms. The van der Waals surface area contributed by atoms with E-state index in [1.807, 2.05) is 24.3 Å². The van der Waals surface area contributed by atoms with Gasteiger partial charge in [-0.2, -0.15) is 0 Å². The first-order chi connectivity index (χ1) is 44.3. The number of benzene rings is 6.